The fourth-order valence-corrected chi connectivity index (χ4v) is 2.40. The summed E-state index contributed by atoms with van der Waals surface area (Å²) in [7, 11) is 0. The molecule has 1 aromatic heterocycles. The minimum absolute atomic E-state index is 0.491. The van der Waals surface area contributed by atoms with Gasteiger partial charge in [0, 0.05) is 12.3 Å². The van der Waals surface area contributed by atoms with Gasteiger partial charge in [0.2, 0.25) is 0 Å². The standard InChI is InChI=1S/C12H17FN2O4/c1-2-3-8-10(17)7(6-13)11(19-8)15-5-4-9(16)14-12(15)18/h4-5,7-8,10-11,17H,2-3,6H2,1H3,(H,14,16,18). The maximum atomic E-state index is 13.1. The van der Waals surface area contributed by atoms with E-state index in [1.165, 1.54) is 12.3 Å². The number of aliphatic hydroxyl groups is 1. The first-order valence-corrected chi connectivity index (χ1v) is 6.29. The van der Waals surface area contributed by atoms with Gasteiger partial charge in [-0.15, -0.1) is 0 Å². The Hall–Kier alpha value is -1.47. The third kappa shape index (κ3) is 2.62. The molecule has 4 unspecified atom stereocenters. The maximum Gasteiger partial charge on any atom is 0.330 e. The van der Waals surface area contributed by atoms with Crippen LogP contribution in [0.3, 0.4) is 0 Å². The molecule has 1 aliphatic rings. The molecule has 2 rings (SSSR count). The summed E-state index contributed by atoms with van der Waals surface area (Å²) in [4.78, 5) is 24.8. The molecular weight excluding hydrogens is 255 g/mol. The molecule has 7 heteroatoms. The van der Waals surface area contributed by atoms with E-state index in [1.807, 2.05) is 6.92 Å². The third-order valence-electron chi connectivity index (χ3n) is 3.38. The van der Waals surface area contributed by atoms with Crippen LogP contribution in [0.25, 0.3) is 0 Å². The smallest absolute Gasteiger partial charge is 0.330 e. The average molecular weight is 272 g/mol. The van der Waals surface area contributed by atoms with Crippen LogP contribution in [0.4, 0.5) is 4.39 Å². The average Bonchev–Trinajstić information content (AvgIpc) is 2.67. The number of aliphatic hydroxyl groups excluding tert-OH is 1. The lowest BCUT2D eigenvalue weighted by molar-refractivity contribution is -0.0292. The second kappa shape index (κ2) is 5.66. The van der Waals surface area contributed by atoms with Crippen LogP contribution < -0.4 is 11.2 Å². The van der Waals surface area contributed by atoms with Gasteiger partial charge in [-0.05, 0) is 6.42 Å². The van der Waals surface area contributed by atoms with E-state index in [1.54, 1.807) is 0 Å². The molecule has 1 saturated heterocycles. The molecule has 0 bridgehead atoms. The largest absolute Gasteiger partial charge is 0.390 e. The van der Waals surface area contributed by atoms with E-state index >= 15 is 0 Å². The molecule has 19 heavy (non-hydrogen) atoms. The fraction of sp³-hybridized carbons (Fsp3) is 0.667. The number of aromatic nitrogens is 2. The van der Waals surface area contributed by atoms with Gasteiger partial charge in [0.1, 0.15) is 6.23 Å². The molecule has 0 spiro atoms. The highest BCUT2D eigenvalue weighted by Gasteiger charge is 2.44. The Morgan fingerprint density at radius 3 is 2.84 bits per heavy atom. The number of H-pyrrole nitrogens is 1. The van der Waals surface area contributed by atoms with Crippen LogP contribution >= 0.6 is 0 Å². The Morgan fingerprint density at radius 1 is 1.53 bits per heavy atom. The van der Waals surface area contributed by atoms with Crippen molar-refractivity contribution in [1.82, 2.24) is 9.55 Å². The quantitative estimate of drug-likeness (QED) is 0.819. The van der Waals surface area contributed by atoms with E-state index in [2.05, 4.69) is 4.98 Å². The van der Waals surface area contributed by atoms with E-state index in [0.717, 1.165) is 11.0 Å². The topological polar surface area (TPSA) is 84.3 Å². The summed E-state index contributed by atoms with van der Waals surface area (Å²) in [5.74, 6) is -0.805. The summed E-state index contributed by atoms with van der Waals surface area (Å²) in [6.07, 6.45) is 0.305. The second-order valence-electron chi connectivity index (χ2n) is 4.68. The number of rotatable bonds is 4. The van der Waals surface area contributed by atoms with Crippen LogP contribution in [-0.4, -0.2) is 33.5 Å². The molecule has 0 saturated carbocycles. The Kier molecular flexibility index (Phi) is 4.16. The zero-order valence-electron chi connectivity index (χ0n) is 10.6. The molecule has 6 nitrogen and oxygen atoms in total. The first kappa shape index (κ1) is 14.0. The predicted octanol–water partition coefficient (Wildman–Crippen LogP) is 0.181. The lowest BCUT2D eigenvalue weighted by Gasteiger charge is -2.18. The van der Waals surface area contributed by atoms with E-state index in [0.29, 0.717) is 6.42 Å². The van der Waals surface area contributed by atoms with Gasteiger partial charge in [-0.1, -0.05) is 13.3 Å². The third-order valence-corrected chi connectivity index (χ3v) is 3.38. The van der Waals surface area contributed by atoms with Crippen molar-refractivity contribution in [2.75, 3.05) is 6.67 Å². The Bertz CT molecular complexity index is 541. The zero-order chi connectivity index (χ0) is 14.0. The van der Waals surface area contributed by atoms with Crippen molar-refractivity contribution < 1.29 is 14.2 Å². The number of aromatic amines is 1. The number of alkyl halides is 1. The van der Waals surface area contributed by atoms with Crippen LogP contribution in [0.15, 0.2) is 21.9 Å². The van der Waals surface area contributed by atoms with E-state index in [4.69, 9.17) is 4.74 Å². The maximum absolute atomic E-state index is 13.1. The summed E-state index contributed by atoms with van der Waals surface area (Å²) in [6, 6.07) is 1.17. The van der Waals surface area contributed by atoms with E-state index in [9.17, 15) is 19.1 Å². The number of ether oxygens (including phenoxy) is 1. The number of hydrogen-bond donors (Lipinski definition) is 2. The van der Waals surface area contributed by atoms with Crippen LogP contribution in [0, 0.1) is 5.92 Å². The van der Waals surface area contributed by atoms with Crippen molar-refractivity contribution in [2.24, 2.45) is 5.92 Å². The van der Waals surface area contributed by atoms with Crippen LogP contribution in [0.5, 0.6) is 0 Å². The molecule has 0 aromatic carbocycles. The summed E-state index contributed by atoms with van der Waals surface area (Å²) < 4.78 is 19.8. The highest BCUT2D eigenvalue weighted by molar-refractivity contribution is 4.92. The minimum atomic E-state index is -0.950. The zero-order valence-corrected chi connectivity index (χ0v) is 10.6. The van der Waals surface area contributed by atoms with Crippen molar-refractivity contribution >= 4 is 0 Å². The van der Waals surface area contributed by atoms with Crippen molar-refractivity contribution in [3.63, 3.8) is 0 Å². The number of nitrogens with one attached hydrogen (secondary N) is 1. The Morgan fingerprint density at radius 2 is 2.26 bits per heavy atom. The molecule has 0 amide bonds. The van der Waals surface area contributed by atoms with Gasteiger partial charge in [-0.3, -0.25) is 18.7 Å². The predicted molar refractivity (Wildman–Crippen MR) is 65.6 cm³/mol. The molecule has 4 atom stereocenters. The molecule has 1 aromatic rings. The molecule has 1 fully saturated rings. The van der Waals surface area contributed by atoms with Gasteiger partial charge < -0.3 is 9.84 Å². The molecule has 0 radical (unpaired) electrons. The molecule has 0 aliphatic carbocycles. The van der Waals surface area contributed by atoms with E-state index in [-0.39, 0.29) is 0 Å². The fourth-order valence-electron chi connectivity index (χ4n) is 2.40. The number of hydrogen-bond acceptors (Lipinski definition) is 4. The van der Waals surface area contributed by atoms with Crippen LogP contribution in [0.2, 0.25) is 0 Å². The molecule has 2 N–H and O–H groups in total. The summed E-state index contributed by atoms with van der Waals surface area (Å²) >= 11 is 0. The molecule has 2 heterocycles. The minimum Gasteiger partial charge on any atom is -0.390 e. The highest BCUT2D eigenvalue weighted by Crippen LogP contribution is 2.35. The number of nitrogens with zero attached hydrogens (tertiary/aromatic N) is 1. The van der Waals surface area contributed by atoms with Gasteiger partial charge in [0.15, 0.2) is 0 Å². The summed E-state index contributed by atoms with van der Waals surface area (Å²) in [5, 5.41) is 10.0. The second-order valence-corrected chi connectivity index (χ2v) is 4.68. The Balaban J connectivity index is 2.32. The van der Waals surface area contributed by atoms with Gasteiger partial charge in [0.25, 0.3) is 5.56 Å². The normalized spacial score (nSPS) is 30.7. The van der Waals surface area contributed by atoms with Gasteiger partial charge in [-0.2, -0.15) is 0 Å². The van der Waals surface area contributed by atoms with Crippen LogP contribution in [-0.2, 0) is 4.74 Å². The monoisotopic (exact) mass is 272 g/mol. The van der Waals surface area contributed by atoms with E-state index < -0.39 is 42.3 Å². The first-order valence-electron chi connectivity index (χ1n) is 6.29. The summed E-state index contributed by atoms with van der Waals surface area (Å²) in [6.45, 7) is 1.14. The number of halogens is 1. The van der Waals surface area contributed by atoms with Gasteiger partial charge in [-0.25, -0.2) is 4.79 Å². The van der Waals surface area contributed by atoms with Crippen molar-refractivity contribution in [3.05, 3.63) is 33.1 Å². The molecular formula is C12H17FN2O4. The van der Waals surface area contributed by atoms with Crippen molar-refractivity contribution in [3.8, 4) is 0 Å². The van der Waals surface area contributed by atoms with Crippen molar-refractivity contribution in [1.29, 1.82) is 0 Å². The lowest BCUT2D eigenvalue weighted by Crippen LogP contribution is -2.35. The van der Waals surface area contributed by atoms with Gasteiger partial charge >= 0.3 is 5.69 Å². The summed E-state index contributed by atoms with van der Waals surface area (Å²) in [5.41, 5.74) is -1.19. The lowest BCUT2D eigenvalue weighted by atomic mass is 9.99. The molecule has 106 valence electrons. The highest BCUT2D eigenvalue weighted by atomic mass is 19.1. The van der Waals surface area contributed by atoms with Crippen LogP contribution in [0.1, 0.15) is 26.0 Å². The first-order chi connectivity index (χ1) is 9.08. The Labute approximate surface area is 108 Å². The SMILES string of the molecule is CCCC1OC(n2ccc(=O)[nH]c2=O)C(CF)C1O. The van der Waals surface area contributed by atoms with Gasteiger partial charge in [0.05, 0.1) is 24.8 Å². The molecule has 1 aliphatic heterocycles. The van der Waals surface area contributed by atoms with Crippen molar-refractivity contribution in [2.45, 2.75) is 38.2 Å².